The van der Waals surface area contributed by atoms with E-state index in [0.29, 0.717) is 18.4 Å². The van der Waals surface area contributed by atoms with Crippen LogP contribution in [0, 0.1) is 0 Å². The lowest BCUT2D eigenvalue weighted by molar-refractivity contribution is -0.138. The summed E-state index contributed by atoms with van der Waals surface area (Å²) in [5.41, 5.74) is -1.49. The van der Waals surface area contributed by atoms with Crippen molar-refractivity contribution in [2.24, 2.45) is 0 Å². The summed E-state index contributed by atoms with van der Waals surface area (Å²) >= 11 is 3.01. The molecule has 1 nitrogen and oxygen atoms in total. The van der Waals surface area contributed by atoms with Crippen molar-refractivity contribution >= 4 is 15.9 Å². The van der Waals surface area contributed by atoms with Crippen LogP contribution in [0.25, 0.3) is 0 Å². The number of halogens is 4. The zero-order valence-electron chi connectivity index (χ0n) is 9.73. The minimum atomic E-state index is -4.40. The molecule has 0 atom stereocenters. The van der Waals surface area contributed by atoms with Gasteiger partial charge in [-0.1, -0.05) is 31.4 Å². The van der Waals surface area contributed by atoms with Gasteiger partial charge in [-0.25, -0.2) is 0 Å². The van der Waals surface area contributed by atoms with Gasteiger partial charge in [-0.2, -0.15) is 13.2 Å². The Morgan fingerprint density at radius 1 is 1.11 bits per heavy atom. The molecule has 1 aliphatic carbocycles. The molecule has 0 bridgehead atoms. The molecule has 5 heteroatoms. The summed E-state index contributed by atoms with van der Waals surface area (Å²) in [5.74, 6) is 0. The van der Waals surface area contributed by atoms with E-state index in [2.05, 4.69) is 15.9 Å². The van der Waals surface area contributed by atoms with Gasteiger partial charge in [0, 0.05) is 4.47 Å². The standard InChI is InChI=1S/C13H14BrF3O/c14-11-9(12(18)7-2-1-3-8-12)5-4-6-10(11)13(15,16)17/h4-6,18H,1-3,7-8H2. The highest BCUT2D eigenvalue weighted by Gasteiger charge is 2.38. The highest BCUT2D eigenvalue weighted by Crippen LogP contribution is 2.44. The second kappa shape index (κ2) is 4.85. The van der Waals surface area contributed by atoms with E-state index in [0.717, 1.165) is 25.3 Å². The Morgan fingerprint density at radius 2 is 1.72 bits per heavy atom. The Morgan fingerprint density at radius 3 is 2.28 bits per heavy atom. The van der Waals surface area contributed by atoms with Crippen LogP contribution in [0.4, 0.5) is 13.2 Å². The molecule has 1 aliphatic rings. The Hall–Kier alpha value is -0.550. The third kappa shape index (κ3) is 2.57. The Bertz CT molecular complexity index is 436. The van der Waals surface area contributed by atoms with Gasteiger partial charge in [0.05, 0.1) is 11.2 Å². The van der Waals surface area contributed by atoms with Gasteiger partial charge in [-0.15, -0.1) is 0 Å². The normalized spacial score (nSPS) is 19.8. The van der Waals surface area contributed by atoms with E-state index < -0.39 is 17.3 Å². The zero-order chi connectivity index (χ0) is 13.4. The van der Waals surface area contributed by atoms with Crippen molar-refractivity contribution in [1.82, 2.24) is 0 Å². The molecule has 0 saturated heterocycles. The van der Waals surface area contributed by atoms with E-state index in [1.807, 2.05) is 0 Å². The zero-order valence-corrected chi connectivity index (χ0v) is 11.3. The van der Waals surface area contributed by atoms with Crippen LogP contribution >= 0.6 is 15.9 Å². The molecule has 1 N–H and O–H groups in total. The number of hydrogen-bond donors (Lipinski definition) is 1. The first-order valence-electron chi connectivity index (χ1n) is 5.93. The molecule has 0 amide bonds. The van der Waals surface area contributed by atoms with E-state index in [9.17, 15) is 18.3 Å². The van der Waals surface area contributed by atoms with Crippen molar-refractivity contribution in [3.05, 3.63) is 33.8 Å². The Balaban J connectivity index is 2.45. The molecule has 2 rings (SSSR count). The molecule has 0 heterocycles. The molecular weight excluding hydrogens is 309 g/mol. The molecular formula is C13H14BrF3O. The van der Waals surface area contributed by atoms with Gasteiger partial charge in [0.1, 0.15) is 0 Å². The lowest BCUT2D eigenvalue weighted by Crippen LogP contribution is -2.29. The maximum Gasteiger partial charge on any atom is 0.417 e. The predicted octanol–water partition coefficient (Wildman–Crippen LogP) is 4.62. The van der Waals surface area contributed by atoms with Crippen molar-refractivity contribution in [1.29, 1.82) is 0 Å². The van der Waals surface area contributed by atoms with E-state index >= 15 is 0 Å². The summed E-state index contributed by atoms with van der Waals surface area (Å²) in [6, 6.07) is 3.96. The van der Waals surface area contributed by atoms with Crippen LogP contribution in [0.3, 0.4) is 0 Å². The largest absolute Gasteiger partial charge is 0.417 e. The fourth-order valence-electron chi connectivity index (χ4n) is 2.52. The number of hydrogen-bond acceptors (Lipinski definition) is 1. The monoisotopic (exact) mass is 322 g/mol. The van der Waals surface area contributed by atoms with Crippen molar-refractivity contribution in [2.45, 2.75) is 43.9 Å². The molecule has 1 saturated carbocycles. The molecule has 0 aromatic heterocycles. The lowest BCUT2D eigenvalue weighted by atomic mass is 9.79. The van der Waals surface area contributed by atoms with Gasteiger partial charge in [0.25, 0.3) is 0 Å². The lowest BCUT2D eigenvalue weighted by Gasteiger charge is -2.34. The summed E-state index contributed by atoms with van der Waals surface area (Å²) < 4.78 is 38.4. The van der Waals surface area contributed by atoms with E-state index in [1.165, 1.54) is 6.07 Å². The molecule has 0 unspecified atom stereocenters. The van der Waals surface area contributed by atoms with Gasteiger partial charge in [0.2, 0.25) is 0 Å². The topological polar surface area (TPSA) is 20.2 Å². The Kier molecular flexibility index (Phi) is 3.74. The van der Waals surface area contributed by atoms with Gasteiger partial charge >= 0.3 is 6.18 Å². The number of aliphatic hydroxyl groups is 1. The van der Waals surface area contributed by atoms with Crippen molar-refractivity contribution < 1.29 is 18.3 Å². The highest BCUT2D eigenvalue weighted by molar-refractivity contribution is 9.10. The average molecular weight is 323 g/mol. The third-order valence-electron chi connectivity index (χ3n) is 3.49. The van der Waals surface area contributed by atoms with Crippen molar-refractivity contribution in [2.75, 3.05) is 0 Å². The van der Waals surface area contributed by atoms with Crippen LogP contribution in [0.2, 0.25) is 0 Å². The first kappa shape index (κ1) is 13.9. The Labute approximate surface area is 112 Å². The molecule has 0 aliphatic heterocycles. The van der Waals surface area contributed by atoms with Gasteiger partial charge in [-0.05, 0) is 40.4 Å². The summed E-state index contributed by atoms with van der Waals surface area (Å²) in [6.07, 6.45) is -0.642. The average Bonchev–Trinajstić information content (AvgIpc) is 2.28. The van der Waals surface area contributed by atoms with Crippen LogP contribution in [0.1, 0.15) is 43.2 Å². The van der Waals surface area contributed by atoms with E-state index in [4.69, 9.17) is 0 Å². The van der Waals surface area contributed by atoms with Gasteiger partial charge in [-0.3, -0.25) is 0 Å². The van der Waals surface area contributed by atoms with E-state index in [-0.39, 0.29) is 4.47 Å². The maximum absolute atomic E-state index is 12.8. The van der Waals surface area contributed by atoms with Crippen LogP contribution in [-0.4, -0.2) is 5.11 Å². The molecule has 100 valence electrons. The first-order valence-corrected chi connectivity index (χ1v) is 6.72. The summed E-state index contributed by atoms with van der Waals surface area (Å²) in [6.45, 7) is 0. The molecule has 1 aromatic rings. The summed E-state index contributed by atoms with van der Waals surface area (Å²) in [5, 5.41) is 10.5. The van der Waals surface area contributed by atoms with Gasteiger partial charge in [0.15, 0.2) is 0 Å². The molecule has 1 aromatic carbocycles. The number of rotatable bonds is 1. The smallest absolute Gasteiger partial charge is 0.385 e. The number of alkyl halides is 3. The summed E-state index contributed by atoms with van der Waals surface area (Å²) in [4.78, 5) is 0. The van der Waals surface area contributed by atoms with Crippen molar-refractivity contribution in [3.63, 3.8) is 0 Å². The first-order chi connectivity index (χ1) is 8.34. The van der Waals surface area contributed by atoms with Crippen LogP contribution in [0.5, 0.6) is 0 Å². The second-order valence-electron chi connectivity index (χ2n) is 4.76. The van der Waals surface area contributed by atoms with Crippen LogP contribution in [0.15, 0.2) is 22.7 Å². The summed E-state index contributed by atoms with van der Waals surface area (Å²) in [7, 11) is 0. The molecule has 0 spiro atoms. The third-order valence-corrected chi connectivity index (χ3v) is 4.34. The number of benzene rings is 1. The molecule has 1 fully saturated rings. The minimum absolute atomic E-state index is 0.0260. The fourth-order valence-corrected chi connectivity index (χ4v) is 3.37. The minimum Gasteiger partial charge on any atom is -0.385 e. The predicted molar refractivity (Wildman–Crippen MR) is 66.1 cm³/mol. The van der Waals surface area contributed by atoms with Gasteiger partial charge < -0.3 is 5.11 Å². The second-order valence-corrected chi connectivity index (χ2v) is 5.55. The molecule has 18 heavy (non-hydrogen) atoms. The van der Waals surface area contributed by atoms with Crippen LogP contribution < -0.4 is 0 Å². The fraction of sp³-hybridized carbons (Fsp3) is 0.538. The SMILES string of the molecule is OC1(c2cccc(C(F)(F)F)c2Br)CCCCC1. The highest BCUT2D eigenvalue weighted by atomic mass is 79.9. The molecule has 0 radical (unpaired) electrons. The van der Waals surface area contributed by atoms with Crippen molar-refractivity contribution in [3.8, 4) is 0 Å². The maximum atomic E-state index is 12.8. The van der Waals surface area contributed by atoms with E-state index in [1.54, 1.807) is 6.07 Å². The van der Waals surface area contributed by atoms with Crippen LogP contribution in [-0.2, 0) is 11.8 Å². The quantitative estimate of drug-likeness (QED) is 0.799.